The third-order valence-corrected chi connectivity index (χ3v) is 2.30. The van der Waals surface area contributed by atoms with Gasteiger partial charge in [-0.15, -0.1) is 0 Å². The highest BCUT2D eigenvalue weighted by molar-refractivity contribution is 5.77. The van der Waals surface area contributed by atoms with Gasteiger partial charge in [-0.2, -0.15) is 0 Å². The SMILES string of the molecule is COC(=O)CC(O)C(O)c1cnccc1C=O. The Bertz CT molecular complexity index is 407. The number of carbonyl (C=O) groups is 2. The fraction of sp³-hybridized carbons (Fsp3) is 0.364. The first-order chi connectivity index (χ1) is 8.10. The number of methoxy groups -OCH3 is 1. The lowest BCUT2D eigenvalue weighted by molar-refractivity contribution is -0.144. The molecule has 92 valence electrons. The van der Waals surface area contributed by atoms with Crippen LogP contribution in [-0.2, 0) is 9.53 Å². The average Bonchev–Trinajstić information content (AvgIpc) is 2.37. The van der Waals surface area contributed by atoms with E-state index in [1.54, 1.807) is 0 Å². The van der Waals surface area contributed by atoms with Gasteiger partial charge in [-0.05, 0) is 6.07 Å². The molecular weight excluding hydrogens is 226 g/mol. The van der Waals surface area contributed by atoms with Gasteiger partial charge in [-0.1, -0.05) is 0 Å². The summed E-state index contributed by atoms with van der Waals surface area (Å²) in [6.07, 6.45) is 0.158. The van der Waals surface area contributed by atoms with Crippen molar-refractivity contribution < 1.29 is 24.5 Å². The Morgan fingerprint density at radius 2 is 2.29 bits per heavy atom. The van der Waals surface area contributed by atoms with Gasteiger partial charge in [-0.3, -0.25) is 14.6 Å². The maximum Gasteiger partial charge on any atom is 0.308 e. The first-order valence-electron chi connectivity index (χ1n) is 4.92. The molecule has 0 aliphatic rings. The maximum absolute atomic E-state index is 10.9. The number of aliphatic hydroxyl groups is 2. The van der Waals surface area contributed by atoms with Crippen LogP contribution in [0, 0.1) is 0 Å². The minimum atomic E-state index is -1.36. The molecule has 6 nitrogen and oxygen atoms in total. The van der Waals surface area contributed by atoms with E-state index in [-0.39, 0.29) is 17.5 Å². The zero-order valence-electron chi connectivity index (χ0n) is 9.24. The lowest BCUT2D eigenvalue weighted by Gasteiger charge is -2.17. The second-order valence-electron chi connectivity index (χ2n) is 3.41. The largest absolute Gasteiger partial charge is 0.469 e. The highest BCUT2D eigenvalue weighted by Crippen LogP contribution is 2.21. The number of nitrogens with zero attached hydrogens (tertiary/aromatic N) is 1. The molecule has 0 aromatic carbocycles. The molecule has 6 heteroatoms. The van der Waals surface area contributed by atoms with Crippen molar-refractivity contribution in [3.05, 3.63) is 29.6 Å². The maximum atomic E-state index is 10.9. The van der Waals surface area contributed by atoms with Crippen molar-refractivity contribution in [1.29, 1.82) is 0 Å². The number of ether oxygens (including phenoxy) is 1. The van der Waals surface area contributed by atoms with Crippen molar-refractivity contribution in [1.82, 2.24) is 4.98 Å². The van der Waals surface area contributed by atoms with E-state index in [4.69, 9.17) is 0 Å². The number of aliphatic hydroxyl groups excluding tert-OH is 2. The van der Waals surface area contributed by atoms with Crippen molar-refractivity contribution in [3.8, 4) is 0 Å². The summed E-state index contributed by atoms with van der Waals surface area (Å²) in [6, 6.07) is 1.41. The number of aromatic nitrogens is 1. The van der Waals surface area contributed by atoms with Gasteiger partial charge in [0.15, 0.2) is 6.29 Å². The van der Waals surface area contributed by atoms with E-state index in [1.165, 1.54) is 25.6 Å². The Hall–Kier alpha value is -1.79. The van der Waals surface area contributed by atoms with E-state index in [1.807, 2.05) is 0 Å². The summed E-state index contributed by atoms with van der Waals surface area (Å²) in [5.41, 5.74) is 0.398. The molecule has 2 unspecified atom stereocenters. The molecular formula is C11H13NO5. The summed E-state index contributed by atoms with van der Waals surface area (Å²) in [4.78, 5) is 25.4. The van der Waals surface area contributed by atoms with Gasteiger partial charge in [0.05, 0.1) is 19.6 Å². The predicted molar refractivity (Wildman–Crippen MR) is 57.2 cm³/mol. The third kappa shape index (κ3) is 3.33. The van der Waals surface area contributed by atoms with Gasteiger partial charge in [0.25, 0.3) is 0 Å². The second kappa shape index (κ2) is 6.07. The molecule has 1 heterocycles. The summed E-state index contributed by atoms with van der Waals surface area (Å²) in [5.74, 6) is -0.645. The van der Waals surface area contributed by atoms with Crippen LogP contribution in [0.5, 0.6) is 0 Å². The van der Waals surface area contributed by atoms with Crippen molar-refractivity contribution in [3.63, 3.8) is 0 Å². The fourth-order valence-electron chi connectivity index (χ4n) is 1.34. The number of aldehydes is 1. The van der Waals surface area contributed by atoms with Crippen LogP contribution in [0.15, 0.2) is 18.5 Å². The Morgan fingerprint density at radius 1 is 1.59 bits per heavy atom. The molecule has 0 amide bonds. The van der Waals surface area contributed by atoms with Crippen LogP contribution < -0.4 is 0 Å². The first-order valence-corrected chi connectivity index (χ1v) is 4.92. The normalized spacial score (nSPS) is 13.8. The Balaban J connectivity index is 2.84. The van der Waals surface area contributed by atoms with Crippen molar-refractivity contribution in [2.45, 2.75) is 18.6 Å². The molecule has 0 spiro atoms. The molecule has 0 aliphatic heterocycles. The molecule has 0 fully saturated rings. The van der Waals surface area contributed by atoms with Crippen LogP contribution >= 0.6 is 0 Å². The van der Waals surface area contributed by atoms with Gasteiger partial charge >= 0.3 is 5.97 Å². The minimum absolute atomic E-state index is 0.180. The standard InChI is InChI=1S/C11H13NO5/c1-17-10(15)4-9(14)11(16)8-5-12-3-2-7(8)6-13/h2-3,5-6,9,11,14,16H,4H2,1H3. The lowest BCUT2D eigenvalue weighted by Crippen LogP contribution is -2.23. The quantitative estimate of drug-likeness (QED) is 0.548. The predicted octanol–water partition coefficient (Wildman–Crippen LogP) is -0.148. The molecule has 0 aliphatic carbocycles. The van der Waals surface area contributed by atoms with Gasteiger partial charge < -0.3 is 14.9 Å². The highest BCUT2D eigenvalue weighted by Gasteiger charge is 2.23. The van der Waals surface area contributed by atoms with Crippen LogP contribution in [-0.4, -0.2) is 40.7 Å². The summed E-state index contributed by atoms with van der Waals surface area (Å²) in [6.45, 7) is 0. The van der Waals surface area contributed by atoms with E-state index in [0.717, 1.165) is 0 Å². The molecule has 2 atom stereocenters. The summed E-state index contributed by atoms with van der Waals surface area (Å²) < 4.78 is 4.37. The topological polar surface area (TPSA) is 96.7 Å². The molecule has 1 aromatic rings. The Kier molecular flexibility index (Phi) is 4.74. The van der Waals surface area contributed by atoms with E-state index in [9.17, 15) is 19.8 Å². The Labute approximate surface area is 97.9 Å². The smallest absolute Gasteiger partial charge is 0.308 e. The lowest BCUT2D eigenvalue weighted by atomic mass is 10.00. The van der Waals surface area contributed by atoms with Crippen LogP contribution in [0.4, 0.5) is 0 Å². The zero-order valence-corrected chi connectivity index (χ0v) is 9.24. The van der Waals surface area contributed by atoms with Gasteiger partial charge in [0, 0.05) is 23.5 Å². The van der Waals surface area contributed by atoms with E-state index < -0.39 is 18.2 Å². The van der Waals surface area contributed by atoms with Crippen molar-refractivity contribution in [2.75, 3.05) is 7.11 Å². The van der Waals surface area contributed by atoms with Gasteiger partial charge in [-0.25, -0.2) is 0 Å². The average molecular weight is 239 g/mol. The number of hydrogen-bond acceptors (Lipinski definition) is 6. The monoisotopic (exact) mass is 239 g/mol. The molecule has 0 saturated carbocycles. The molecule has 0 saturated heterocycles. The summed E-state index contributed by atoms with van der Waals surface area (Å²) in [5, 5.41) is 19.4. The second-order valence-corrected chi connectivity index (χ2v) is 3.41. The van der Waals surface area contributed by atoms with Crippen molar-refractivity contribution >= 4 is 12.3 Å². The number of esters is 1. The fourth-order valence-corrected chi connectivity index (χ4v) is 1.34. The van der Waals surface area contributed by atoms with Gasteiger partial charge in [0.1, 0.15) is 6.10 Å². The summed E-state index contributed by atoms with van der Waals surface area (Å²) >= 11 is 0. The van der Waals surface area contributed by atoms with E-state index >= 15 is 0 Å². The first kappa shape index (κ1) is 13.3. The van der Waals surface area contributed by atoms with Crippen LogP contribution in [0.2, 0.25) is 0 Å². The van der Waals surface area contributed by atoms with Crippen molar-refractivity contribution in [2.24, 2.45) is 0 Å². The third-order valence-electron chi connectivity index (χ3n) is 2.30. The van der Waals surface area contributed by atoms with E-state index in [2.05, 4.69) is 9.72 Å². The number of hydrogen-bond donors (Lipinski definition) is 2. The number of pyridine rings is 1. The molecule has 2 N–H and O–H groups in total. The van der Waals surface area contributed by atoms with Crippen LogP contribution in [0.1, 0.15) is 28.4 Å². The number of carbonyl (C=O) groups excluding carboxylic acids is 2. The summed E-state index contributed by atoms with van der Waals surface area (Å²) in [7, 11) is 1.18. The van der Waals surface area contributed by atoms with Crippen LogP contribution in [0.25, 0.3) is 0 Å². The van der Waals surface area contributed by atoms with E-state index in [0.29, 0.717) is 6.29 Å². The highest BCUT2D eigenvalue weighted by atomic mass is 16.5. The molecule has 1 rings (SSSR count). The molecule has 1 aromatic heterocycles. The molecule has 17 heavy (non-hydrogen) atoms. The molecule has 0 radical (unpaired) electrons. The Morgan fingerprint density at radius 3 is 2.88 bits per heavy atom. The number of rotatable bonds is 5. The van der Waals surface area contributed by atoms with Gasteiger partial charge in [0.2, 0.25) is 0 Å². The zero-order chi connectivity index (χ0) is 12.8. The minimum Gasteiger partial charge on any atom is -0.469 e. The molecule has 0 bridgehead atoms. The van der Waals surface area contributed by atoms with Crippen LogP contribution in [0.3, 0.4) is 0 Å².